The van der Waals surface area contributed by atoms with Crippen molar-refractivity contribution in [3.63, 3.8) is 0 Å². The number of aryl methyl sites for hydroxylation is 1. The van der Waals surface area contributed by atoms with Crippen molar-refractivity contribution in [1.29, 1.82) is 0 Å². The van der Waals surface area contributed by atoms with Gasteiger partial charge in [0.1, 0.15) is 5.82 Å². The normalized spacial score (nSPS) is 14.9. The highest BCUT2D eigenvalue weighted by Gasteiger charge is 2.20. The number of nitrogens with one attached hydrogen (secondary N) is 1. The highest BCUT2D eigenvalue weighted by atomic mass is 15.1. The molecule has 0 saturated heterocycles. The van der Waals surface area contributed by atoms with Crippen LogP contribution in [0.2, 0.25) is 0 Å². The van der Waals surface area contributed by atoms with E-state index in [1.165, 1.54) is 24.0 Å². The molecule has 0 aliphatic heterocycles. The molecular formula is C14H18N4. The van der Waals surface area contributed by atoms with Gasteiger partial charge in [-0.05, 0) is 30.9 Å². The first kappa shape index (κ1) is 11.4. The molecule has 1 aliphatic carbocycles. The number of hydrogen-bond acceptors (Lipinski definition) is 3. The first-order chi connectivity index (χ1) is 8.81. The van der Waals surface area contributed by atoms with Gasteiger partial charge in [0.2, 0.25) is 0 Å². The molecule has 1 fully saturated rings. The van der Waals surface area contributed by atoms with Crippen LogP contribution in [0.15, 0.2) is 30.9 Å². The maximum Gasteiger partial charge on any atom is 0.122 e. The third-order valence-electron chi connectivity index (χ3n) is 3.21. The summed E-state index contributed by atoms with van der Waals surface area (Å²) >= 11 is 0. The molecule has 0 spiro atoms. The van der Waals surface area contributed by atoms with Crippen LogP contribution in [0.1, 0.15) is 29.8 Å². The number of rotatable bonds is 5. The number of hydrogen-bond donors (Lipinski definition) is 1. The first-order valence-corrected chi connectivity index (χ1v) is 6.45. The predicted molar refractivity (Wildman–Crippen MR) is 70.2 cm³/mol. The molecule has 2 heterocycles. The van der Waals surface area contributed by atoms with Crippen LogP contribution in [-0.4, -0.2) is 20.6 Å². The van der Waals surface area contributed by atoms with Crippen LogP contribution in [0.25, 0.3) is 0 Å². The molecule has 18 heavy (non-hydrogen) atoms. The highest BCUT2D eigenvalue weighted by Crippen LogP contribution is 2.19. The topological polar surface area (TPSA) is 42.7 Å². The minimum absolute atomic E-state index is 0.718. The van der Waals surface area contributed by atoms with E-state index >= 15 is 0 Å². The highest BCUT2D eigenvalue weighted by molar-refractivity contribution is 5.17. The summed E-state index contributed by atoms with van der Waals surface area (Å²) in [5.74, 6) is 1.10. The van der Waals surface area contributed by atoms with Gasteiger partial charge in [-0.25, -0.2) is 4.98 Å². The van der Waals surface area contributed by atoms with E-state index in [1.54, 1.807) is 0 Å². The molecule has 94 valence electrons. The summed E-state index contributed by atoms with van der Waals surface area (Å²) in [5.41, 5.74) is 2.42. The largest absolute Gasteiger partial charge is 0.329 e. The molecule has 2 aromatic heterocycles. The van der Waals surface area contributed by atoms with Gasteiger partial charge in [-0.15, -0.1) is 0 Å². The van der Waals surface area contributed by atoms with Gasteiger partial charge in [0.05, 0.1) is 13.1 Å². The lowest BCUT2D eigenvalue weighted by molar-refractivity contribution is 0.618. The summed E-state index contributed by atoms with van der Waals surface area (Å²) in [5, 5.41) is 3.50. The van der Waals surface area contributed by atoms with Crippen LogP contribution >= 0.6 is 0 Å². The maximum absolute atomic E-state index is 4.41. The summed E-state index contributed by atoms with van der Waals surface area (Å²) in [7, 11) is 0. The number of nitrogens with zero attached hydrogens (tertiary/aromatic N) is 3. The molecule has 0 bridgehead atoms. The van der Waals surface area contributed by atoms with Gasteiger partial charge in [0, 0.05) is 30.8 Å². The third-order valence-corrected chi connectivity index (χ3v) is 3.21. The molecule has 1 saturated carbocycles. The van der Waals surface area contributed by atoms with Crippen molar-refractivity contribution < 1.29 is 0 Å². The molecule has 4 heteroatoms. The SMILES string of the molecule is Cc1cncc(Cn2ccnc2CNC2CC2)c1. The second-order valence-electron chi connectivity index (χ2n) is 5.00. The summed E-state index contributed by atoms with van der Waals surface area (Å²) < 4.78 is 2.19. The van der Waals surface area contributed by atoms with Crippen LogP contribution in [0, 0.1) is 6.92 Å². The molecule has 0 aromatic carbocycles. The Balaban J connectivity index is 1.69. The molecule has 3 rings (SSSR count). The summed E-state index contributed by atoms with van der Waals surface area (Å²) in [4.78, 5) is 8.64. The van der Waals surface area contributed by atoms with E-state index in [-0.39, 0.29) is 0 Å². The minimum Gasteiger partial charge on any atom is -0.329 e. The lowest BCUT2D eigenvalue weighted by Crippen LogP contribution is -2.19. The van der Waals surface area contributed by atoms with Crippen molar-refractivity contribution in [1.82, 2.24) is 19.9 Å². The number of aromatic nitrogens is 3. The Morgan fingerprint density at radius 2 is 2.28 bits per heavy atom. The molecule has 0 amide bonds. The second-order valence-corrected chi connectivity index (χ2v) is 5.00. The molecule has 0 unspecified atom stereocenters. The van der Waals surface area contributed by atoms with E-state index in [0.717, 1.165) is 25.0 Å². The zero-order valence-corrected chi connectivity index (χ0v) is 10.6. The zero-order valence-electron chi connectivity index (χ0n) is 10.6. The van der Waals surface area contributed by atoms with Crippen molar-refractivity contribution in [2.24, 2.45) is 0 Å². The van der Waals surface area contributed by atoms with Crippen LogP contribution in [0.3, 0.4) is 0 Å². The Morgan fingerprint density at radius 3 is 3.06 bits per heavy atom. The third kappa shape index (κ3) is 2.76. The lowest BCUT2D eigenvalue weighted by atomic mass is 10.2. The average molecular weight is 242 g/mol. The standard InChI is InChI=1S/C14H18N4/c1-11-6-12(8-15-7-11)10-18-5-4-16-14(18)9-17-13-2-3-13/h4-8,13,17H,2-3,9-10H2,1H3. The van der Waals surface area contributed by atoms with Gasteiger partial charge in [-0.3, -0.25) is 4.98 Å². The smallest absolute Gasteiger partial charge is 0.122 e. The van der Waals surface area contributed by atoms with Gasteiger partial charge in [-0.1, -0.05) is 6.07 Å². The molecule has 0 atom stereocenters. The second kappa shape index (κ2) is 4.90. The van der Waals surface area contributed by atoms with Gasteiger partial charge in [0.15, 0.2) is 0 Å². The Bertz CT molecular complexity index is 528. The Hall–Kier alpha value is -1.68. The van der Waals surface area contributed by atoms with Crippen molar-refractivity contribution in [3.8, 4) is 0 Å². The molecular weight excluding hydrogens is 224 g/mol. The summed E-state index contributed by atoms with van der Waals surface area (Å²) in [6.45, 7) is 3.77. The quantitative estimate of drug-likeness (QED) is 0.870. The van der Waals surface area contributed by atoms with Crippen molar-refractivity contribution in [3.05, 3.63) is 47.8 Å². The summed E-state index contributed by atoms with van der Waals surface area (Å²) in [6.07, 6.45) is 10.3. The van der Waals surface area contributed by atoms with Crippen molar-refractivity contribution in [2.45, 2.75) is 38.9 Å². The minimum atomic E-state index is 0.718. The monoisotopic (exact) mass is 242 g/mol. The van der Waals surface area contributed by atoms with Gasteiger partial charge >= 0.3 is 0 Å². The number of pyridine rings is 1. The Kier molecular flexibility index (Phi) is 3.11. The van der Waals surface area contributed by atoms with Crippen LogP contribution in [-0.2, 0) is 13.1 Å². The number of imidazole rings is 1. The first-order valence-electron chi connectivity index (χ1n) is 6.45. The van der Waals surface area contributed by atoms with Crippen LogP contribution in [0.4, 0.5) is 0 Å². The van der Waals surface area contributed by atoms with Crippen molar-refractivity contribution >= 4 is 0 Å². The van der Waals surface area contributed by atoms with E-state index in [4.69, 9.17) is 0 Å². The van der Waals surface area contributed by atoms with E-state index in [9.17, 15) is 0 Å². The molecule has 1 aliphatic rings. The van der Waals surface area contributed by atoms with Gasteiger partial charge in [0.25, 0.3) is 0 Å². The lowest BCUT2D eigenvalue weighted by Gasteiger charge is -2.08. The maximum atomic E-state index is 4.41. The van der Waals surface area contributed by atoms with Gasteiger partial charge < -0.3 is 9.88 Å². The van der Waals surface area contributed by atoms with Gasteiger partial charge in [-0.2, -0.15) is 0 Å². The Morgan fingerprint density at radius 1 is 1.39 bits per heavy atom. The Labute approximate surface area is 107 Å². The molecule has 0 radical (unpaired) electrons. The fourth-order valence-electron chi connectivity index (χ4n) is 2.07. The van der Waals surface area contributed by atoms with E-state index in [2.05, 4.69) is 32.8 Å². The summed E-state index contributed by atoms with van der Waals surface area (Å²) in [6, 6.07) is 2.89. The molecule has 4 nitrogen and oxygen atoms in total. The molecule has 1 N–H and O–H groups in total. The van der Waals surface area contributed by atoms with E-state index < -0.39 is 0 Å². The fraction of sp³-hybridized carbons (Fsp3) is 0.429. The van der Waals surface area contributed by atoms with E-state index in [0.29, 0.717) is 0 Å². The van der Waals surface area contributed by atoms with E-state index in [1.807, 2.05) is 24.8 Å². The predicted octanol–water partition coefficient (Wildman–Crippen LogP) is 1.89. The van der Waals surface area contributed by atoms with Crippen LogP contribution in [0.5, 0.6) is 0 Å². The average Bonchev–Trinajstić information content (AvgIpc) is 3.08. The van der Waals surface area contributed by atoms with Crippen LogP contribution < -0.4 is 5.32 Å². The zero-order chi connectivity index (χ0) is 12.4. The molecule has 2 aromatic rings. The van der Waals surface area contributed by atoms with Crippen molar-refractivity contribution in [2.75, 3.05) is 0 Å². The fourth-order valence-corrected chi connectivity index (χ4v) is 2.07.